The molecule has 1 saturated carbocycles. The number of hydrogen-bond acceptors (Lipinski definition) is 5. The van der Waals surface area contributed by atoms with Gasteiger partial charge in [0.15, 0.2) is 0 Å². The molecule has 1 aromatic rings. The van der Waals surface area contributed by atoms with Gasteiger partial charge in [0.2, 0.25) is 5.82 Å². The second kappa shape index (κ2) is 7.24. The van der Waals surface area contributed by atoms with Crippen molar-refractivity contribution in [3.63, 3.8) is 0 Å². The second-order valence-corrected chi connectivity index (χ2v) is 5.56. The van der Waals surface area contributed by atoms with Crippen LogP contribution in [0.5, 0.6) is 0 Å². The molecule has 0 amide bonds. The van der Waals surface area contributed by atoms with Crippen molar-refractivity contribution < 1.29 is 4.92 Å². The molecule has 1 heterocycles. The van der Waals surface area contributed by atoms with Crippen LogP contribution in [0.2, 0.25) is 0 Å². The highest BCUT2D eigenvalue weighted by Gasteiger charge is 2.26. The lowest BCUT2D eigenvalue weighted by molar-refractivity contribution is -0.384. The van der Waals surface area contributed by atoms with Gasteiger partial charge < -0.3 is 10.6 Å². The number of rotatable bonds is 6. The Morgan fingerprint density at radius 3 is 2.76 bits per heavy atom. The summed E-state index contributed by atoms with van der Waals surface area (Å²) < 4.78 is 0. The Kier molecular flexibility index (Phi) is 5.36. The number of anilines is 2. The monoisotopic (exact) mass is 292 g/mol. The maximum Gasteiger partial charge on any atom is 0.311 e. The average Bonchev–Trinajstić information content (AvgIpc) is 2.48. The topological polar surface area (TPSA) is 80.1 Å². The lowest BCUT2D eigenvalue weighted by Gasteiger charge is -2.31. The van der Waals surface area contributed by atoms with Crippen molar-refractivity contribution >= 4 is 17.3 Å². The molecule has 0 spiro atoms. The zero-order valence-corrected chi connectivity index (χ0v) is 12.8. The molecular formula is C15H24N4O2. The summed E-state index contributed by atoms with van der Waals surface area (Å²) in [5, 5.41) is 17.6. The summed E-state index contributed by atoms with van der Waals surface area (Å²) >= 11 is 0. The first-order chi connectivity index (χ1) is 10.2. The molecule has 21 heavy (non-hydrogen) atoms. The van der Waals surface area contributed by atoms with Crippen LogP contribution in [0, 0.1) is 16.0 Å². The van der Waals surface area contributed by atoms with E-state index in [0.717, 1.165) is 19.4 Å². The lowest BCUT2D eigenvalue weighted by atomic mass is 9.83. The third-order valence-corrected chi connectivity index (χ3v) is 4.18. The number of hydrogen-bond donors (Lipinski definition) is 2. The third-order valence-electron chi connectivity index (χ3n) is 4.18. The smallest absolute Gasteiger partial charge is 0.311 e. The van der Waals surface area contributed by atoms with E-state index in [1.54, 1.807) is 6.07 Å². The molecule has 0 aromatic carbocycles. The van der Waals surface area contributed by atoms with E-state index >= 15 is 0 Å². The Morgan fingerprint density at radius 2 is 2.10 bits per heavy atom. The lowest BCUT2D eigenvalue weighted by Crippen LogP contribution is -2.32. The average molecular weight is 292 g/mol. The summed E-state index contributed by atoms with van der Waals surface area (Å²) in [6.45, 7) is 4.90. The van der Waals surface area contributed by atoms with Crippen LogP contribution in [0.25, 0.3) is 0 Å². The van der Waals surface area contributed by atoms with Crippen LogP contribution in [-0.4, -0.2) is 22.5 Å². The molecule has 1 aliphatic rings. The molecule has 1 aliphatic carbocycles. The Hall–Kier alpha value is -1.85. The molecule has 116 valence electrons. The highest BCUT2D eigenvalue weighted by molar-refractivity contribution is 5.60. The predicted octanol–water partition coefficient (Wildman–Crippen LogP) is 3.80. The van der Waals surface area contributed by atoms with E-state index < -0.39 is 0 Å². The third kappa shape index (κ3) is 3.83. The van der Waals surface area contributed by atoms with Crippen LogP contribution in [0.4, 0.5) is 17.3 Å². The molecule has 2 rings (SSSR count). The minimum atomic E-state index is -0.366. The molecule has 2 unspecified atom stereocenters. The zero-order chi connectivity index (χ0) is 15.2. The zero-order valence-electron chi connectivity index (χ0n) is 12.8. The van der Waals surface area contributed by atoms with Crippen molar-refractivity contribution in [2.24, 2.45) is 5.92 Å². The van der Waals surface area contributed by atoms with Gasteiger partial charge in [-0.05, 0) is 31.7 Å². The van der Waals surface area contributed by atoms with E-state index in [4.69, 9.17) is 0 Å². The standard InChI is InChI=1S/C15H24N4O2/c1-3-11-7-5-6-8-12(11)17-15-13(19(20)21)9-10-14(18-15)16-4-2/h9-12H,3-8H2,1-2H3,(H2,16,17,18). The van der Waals surface area contributed by atoms with E-state index in [1.165, 1.54) is 25.3 Å². The minimum Gasteiger partial charge on any atom is -0.370 e. The van der Waals surface area contributed by atoms with Crippen LogP contribution in [0.15, 0.2) is 12.1 Å². The molecule has 1 aromatic heterocycles. The molecular weight excluding hydrogens is 268 g/mol. The van der Waals surface area contributed by atoms with Gasteiger partial charge in [0.25, 0.3) is 0 Å². The fourth-order valence-electron chi connectivity index (χ4n) is 3.05. The minimum absolute atomic E-state index is 0.0529. The van der Waals surface area contributed by atoms with Crippen LogP contribution in [0.1, 0.15) is 46.0 Å². The van der Waals surface area contributed by atoms with E-state index in [2.05, 4.69) is 22.5 Å². The maximum atomic E-state index is 11.2. The van der Waals surface area contributed by atoms with E-state index in [-0.39, 0.29) is 16.7 Å². The first-order valence-corrected chi connectivity index (χ1v) is 7.81. The van der Waals surface area contributed by atoms with Crippen molar-refractivity contribution in [3.8, 4) is 0 Å². The van der Waals surface area contributed by atoms with Crippen LogP contribution in [0.3, 0.4) is 0 Å². The van der Waals surface area contributed by atoms with E-state index in [1.807, 2.05) is 6.92 Å². The summed E-state index contributed by atoms with van der Waals surface area (Å²) in [4.78, 5) is 15.2. The molecule has 2 atom stereocenters. The Bertz CT molecular complexity index is 493. The summed E-state index contributed by atoms with van der Waals surface area (Å²) in [7, 11) is 0. The number of nitrogens with zero attached hydrogens (tertiary/aromatic N) is 2. The molecule has 0 radical (unpaired) electrons. The van der Waals surface area contributed by atoms with Gasteiger partial charge in [-0.1, -0.05) is 26.2 Å². The number of nitro groups is 1. The van der Waals surface area contributed by atoms with Crippen molar-refractivity contribution in [2.75, 3.05) is 17.2 Å². The first kappa shape index (κ1) is 15.5. The van der Waals surface area contributed by atoms with Gasteiger partial charge in [-0.2, -0.15) is 0 Å². The first-order valence-electron chi connectivity index (χ1n) is 7.81. The van der Waals surface area contributed by atoms with Gasteiger partial charge in [-0.25, -0.2) is 4.98 Å². The van der Waals surface area contributed by atoms with Crippen molar-refractivity contribution in [3.05, 3.63) is 22.2 Å². The number of nitrogens with one attached hydrogen (secondary N) is 2. The van der Waals surface area contributed by atoms with E-state index in [9.17, 15) is 10.1 Å². The number of pyridine rings is 1. The fraction of sp³-hybridized carbons (Fsp3) is 0.667. The molecule has 1 fully saturated rings. The van der Waals surface area contributed by atoms with Gasteiger partial charge in [0.05, 0.1) is 4.92 Å². The maximum absolute atomic E-state index is 11.2. The highest BCUT2D eigenvalue weighted by Crippen LogP contribution is 2.32. The van der Waals surface area contributed by atoms with Gasteiger partial charge in [-0.3, -0.25) is 10.1 Å². The molecule has 6 nitrogen and oxygen atoms in total. The Morgan fingerprint density at radius 1 is 1.33 bits per heavy atom. The highest BCUT2D eigenvalue weighted by atomic mass is 16.6. The van der Waals surface area contributed by atoms with Gasteiger partial charge >= 0.3 is 5.69 Å². The second-order valence-electron chi connectivity index (χ2n) is 5.56. The number of aromatic nitrogens is 1. The van der Waals surface area contributed by atoms with Crippen molar-refractivity contribution in [1.29, 1.82) is 0 Å². The summed E-state index contributed by atoms with van der Waals surface area (Å²) in [6.07, 6.45) is 5.77. The van der Waals surface area contributed by atoms with Crippen LogP contribution >= 0.6 is 0 Å². The Labute approximate surface area is 125 Å². The largest absolute Gasteiger partial charge is 0.370 e. The van der Waals surface area contributed by atoms with Gasteiger partial charge in [0.1, 0.15) is 5.82 Å². The normalized spacial score (nSPS) is 21.8. The summed E-state index contributed by atoms with van der Waals surface area (Å²) in [5.41, 5.74) is 0.0529. The molecule has 6 heteroatoms. The van der Waals surface area contributed by atoms with E-state index in [0.29, 0.717) is 17.6 Å². The fourth-order valence-corrected chi connectivity index (χ4v) is 3.05. The SMILES string of the molecule is CCNc1ccc([N+](=O)[O-])c(NC2CCCCC2CC)n1. The Balaban J connectivity index is 2.23. The van der Waals surface area contributed by atoms with Crippen LogP contribution < -0.4 is 10.6 Å². The van der Waals surface area contributed by atoms with Crippen molar-refractivity contribution in [1.82, 2.24) is 4.98 Å². The molecule has 0 aliphatic heterocycles. The quantitative estimate of drug-likeness (QED) is 0.615. The predicted molar refractivity (Wildman–Crippen MR) is 84.7 cm³/mol. The summed E-state index contributed by atoms with van der Waals surface area (Å²) in [6, 6.07) is 3.47. The van der Waals surface area contributed by atoms with Crippen molar-refractivity contribution in [2.45, 2.75) is 52.0 Å². The molecule has 0 bridgehead atoms. The van der Waals surface area contributed by atoms with Gasteiger partial charge in [0, 0.05) is 18.7 Å². The molecule has 0 saturated heterocycles. The van der Waals surface area contributed by atoms with Gasteiger partial charge in [-0.15, -0.1) is 0 Å². The van der Waals surface area contributed by atoms with Crippen LogP contribution in [-0.2, 0) is 0 Å². The molecule has 2 N–H and O–H groups in total. The summed E-state index contributed by atoms with van der Waals surface area (Å²) in [5.74, 6) is 1.64.